The molecular weight excluding hydrogens is 452 g/mol. The van der Waals surface area contributed by atoms with Gasteiger partial charge in [0.05, 0.1) is 0 Å². The lowest BCUT2D eigenvalue weighted by molar-refractivity contribution is -0.118. The molecule has 5 rings (SSSR count). The number of nitrogens with one attached hydrogen (secondary N) is 1. The lowest BCUT2D eigenvalue weighted by Crippen LogP contribution is -2.35. The molecule has 1 aliphatic heterocycles. The number of hydrogen-bond acceptors (Lipinski definition) is 5. The largest absolute Gasteiger partial charge is 0.328 e. The molecule has 2 heterocycles. The zero-order chi connectivity index (χ0) is 23.0. The minimum absolute atomic E-state index is 0.0829. The van der Waals surface area contributed by atoms with Crippen molar-refractivity contribution in [3.63, 3.8) is 0 Å². The van der Waals surface area contributed by atoms with Crippen LogP contribution in [0.15, 0.2) is 77.1 Å². The Hall–Kier alpha value is -2.83. The molecule has 2 aromatic carbocycles. The molecule has 0 radical (unpaired) electrons. The van der Waals surface area contributed by atoms with Gasteiger partial charge in [0.15, 0.2) is 5.78 Å². The molecule has 0 bridgehead atoms. The summed E-state index contributed by atoms with van der Waals surface area (Å²) in [5.41, 5.74) is 3.79. The van der Waals surface area contributed by atoms with Crippen molar-refractivity contribution in [1.29, 1.82) is 0 Å². The van der Waals surface area contributed by atoms with Gasteiger partial charge >= 0.3 is 0 Å². The number of aromatic nitrogens is 3. The summed E-state index contributed by atoms with van der Waals surface area (Å²) in [4.78, 5) is 18.0. The molecule has 0 amide bonds. The normalized spacial score (nSPS) is 19.4. The maximum Gasteiger partial charge on any atom is 0.227 e. The van der Waals surface area contributed by atoms with Gasteiger partial charge in [0, 0.05) is 28.5 Å². The topological polar surface area (TPSA) is 59.8 Å². The summed E-state index contributed by atoms with van der Waals surface area (Å²) >= 11 is 7.85. The van der Waals surface area contributed by atoms with Gasteiger partial charge in [0.1, 0.15) is 6.04 Å². The van der Waals surface area contributed by atoms with Crippen LogP contribution in [0.1, 0.15) is 43.9 Å². The van der Waals surface area contributed by atoms with Crippen LogP contribution >= 0.6 is 23.4 Å². The van der Waals surface area contributed by atoms with Gasteiger partial charge in [-0.1, -0.05) is 97.9 Å². The number of nitrogens with zero attached hydrogens (tertiary/aromatic N) is 3. The minimum atomic E-state index is -0.290. The van der Waals surface area contributed by atoms with E-state index in [-0.39, 0.29) is 17.2 Å². The first-order valence-electron chi connectivity index (χ1n) is 11.0. The van der Waals surface area contributed by atoms with E-state index < -0.39 is 0 Å². The lowest BCUT2D eigenvalue weighted by Gasteiger charge is -2.37. The van der Waals surface area contributed by atoms with Gasteiger partial charge in [-0.15, -0.1) is 5.10 Å². The number of rotatable bonds is 5. The maximum absolute atomic E-state index is 13.2. The van der Waals surface area contributed by atoms with Gasteiger partial charge < -0.3 is 5.32 Å². The molecule has 7 heteroatoms. The van der Waals surface area contributed by atoms with Gasteiger partial charge in [-0.25, -0.2) is 4.68 Å². The molecule has 0 spiro atoms. The highest BCUT2D eigenvalue weighted by Crippen LogP contribution is 2.44. The van der Waals surface area contributed by atoms with Gasteiger partial charge in [-0.05, 0) is 29.0 Å². The second-order valence-electron chi connectivity index (χ2n) is 9.22. The molecule has 33 heavy (non-hydrogen) atoms. The molecule has 0 saturated carbocycles. The average Bonchev–Trinajstić information content (AvgIpc) is 3.18. The molecule has 1 aromatic heterocycles. The smallest absolute Gasteiger partial charge is 0.227 e. The quantitative estimate of drug-likeness (QED) is 0.423. The first-order valence-corrected chi connectivity index (χ1v) is 12.4. The van der Waals surface area contributed by atoms with Gasteiger partial charge in [0.25, 0.3) is 0 Å². The third-order valence-electron chi connectivity index (χ3n) is 5.94. The summed E-state index contributed by atoms with van der Waals surface area (Å²) < 4.78 is 1.84. The lowest BCUT2D eigenvalue weighted by atomic mass is 9.74. The van der Waals surface area contributed by atoms with Crippen molar-refractivity contribution in [3.05, 3.63) is 88.1 Å². The van der Waals surface area contributed by atoms with Crippen molar-refractivity contribution in [1.82, 2.24) is 14.8 Å². The summed E-state index contributed by atoms with van der Waals surface area (Å²) in [7, 11) is 0. The van der Waals surface area contributed by atoms with Crippen molar-refractivity contribution in [2.24, 2.45) is 5.41 Å². The fourth-order valence-electron chi connectivity index (χ4n) is 4.39. The van der Waals surface area contributed by atoms with Crippen molar-refractivity contribution in [2.75, 3.05) is 5.32 Å². The van der Waals surface area contributed by atoms with Crippen LogP contribution in [0.5, 0.6) is 0 Å². The average molecular weight is 477 g/mol. The van der Waals surface area contributed by atoms with E-state index >= 15 is 0 Å². The van der Waals surface area contributed by atoms with E-state index in [1.807, 2.05) is 59.3 Å². The van der Waals surface area contributed by atoms with Crippen molar-refractivity contribution < 1.29 is 4.79 Å². The highest BCUT2D eigenvalue weighted by atomic mass is 35.5. The highest BCUT2D eigenvalue weighted by molar-refractivity contribution is 7.98. The van der Waals surface area contributed by atoms with Crippen molar-refractivity contribution in [2.45, 2.75) is 43.6 Å². The third-order valence-corrected chi connectivity index (χ3v) is 7.19. The van der Waals surface area contributed by atoms with Crippen LogP contribution in [0.4, 0.5) is 5.95 Å². The Bertz CT molecular complexity index is 1260. The SMILES string of the molecule is CC1(C)CC(=O)C2=C(C1)Nc1nc(SCc3ccccc3Cl)nn1C2/C=C/c1ccccc1. The Kier molecular flexibility index (Phi) is 5.89. The summed E-state index contributed by atoms with van der Waals surface area (Å²) in [5.74, 6) is 1.51. The van der Waals surface area contributed by atoms with E-state index in [1.165, 1.54) is 11.8 Å². The molecule has 3 aromatic rings. The molecule has 1 aliphatic carbocycles. The molecule has 0 fully saturated rings. The Labute approximate surface area is 202 Å². The Balaban J connectivity index is 1.48. The van der Waals surface area contributed by atoms with E-state index in [2.05, 4.69) is 31.3 Å². The molecular formula is C26H25ClN4OS. The van der Waals surface area contributed by atoms with Crippen LogP contribution in [0, 0.1) is 5.41 Å². The number of Topliss-reactive ketones (excluding diaryl/α,β-unsaturated/α-hetero) is 1. The number of benzene rings is 2. The number of thioether (sulfide) groups is 1. The predicted octanol–water partition coefficient (Wildman–Crippen LogP) is 6.55. The van der Waals surface area contributed by atoms with Gasteiger partial charge in [-0.3, -0.25) is 4.79 Å². The minimum Gasteiger partial charge on any atom is -0.328 e. The van der Waals surface area contributed by atoms with Crippen molar-refractivity contribution >= 4 is 41.2 Å². The van der Waals surface area contributed by atoms with Crippen LogP contribution in [-0.4, -0.2) is 20.5 Å². The van der Waals surface area contributed by atoms with Crippen LogP contribution < -0.4 is 5.32 Å². The van der Waals surface area contributed by atoms with E-state index in [4.69, 9.17) is 21.7 Å². The number of halogens is 1. The summed E-state index contributed by atoms with van der Waals surface area (Å²) in [6, 6.07) is 17.6. The summed E-state index contributed by atoms with van der Waals surface area (Å²) in [6.45, 7) is 4.27. The standard InChI is InChI=1S/C26H25ClN4OS/c1-26(2)14-20-23(22(32)15-26)21(13-12-17-8-4-3-5-9-17)31-24(28-20)29-25(30-31)33-16-18-10-6-7-11-19(18)27/h3-13,21H,14-16H2,1-2H3,(H,28,29,30)/b13-12+. The Morgan fingerprint density at radius 3 is 2.70 bits per heavy atom. The number of fused-ring (bicyclic) bond motifs is 1. The molecule has 0 saturated heterocycles. The Morgan fingerprint density at radius 1 is 1.15 bits per heavy atom. The van der Waals surface area contributed by atoms with Crippen molar-refractivity contribution in [3.8, 4) is 0 Å². The zero-order valence-electron chi connectivity index (χ0n) is 18.6. The van der Waals surface area contributed by atoms with E-state index in [0.29, 0.717) is 23.3 Å². The summed E-state index contributed by atoms with van der Waals surface area (Å²) in [5, 5.41) is 9.59. The number of carbonyl (C=O) groups is 1. The van der Waals surface area contributed by atoms with Crippen LogP contribution in [0.2, 0.25) is 5.02 Å². The fourth-order valence-corrected chi connectivity index (χ4v) is 5.51. The second kappa shape index (κ2) is 8.84. The molecule has 5 nitrogen and oxygen atoms in total. The fraction of sp³-hybridized carbons (Fsp3) is 0.269. The number of allylic oxidation sites excluding steroid dienone is 3. The molecule has 1 unspecified atom stereocenters. The molecule has 2 aliphatic rings. The van der Waals surface area contributed by atoms with E-state index in [9.17, 15) is 4.79 Å². The summed E-state index contributed by atoms with van der Waals surface area (Å²) in [6.07, 6.45) is 5.44. The number of carbonyl (C=O) groups excluding carboxylic acids is 1. The van der Waals surface area contributed by atoms with Gasteiger partial charge in [-0.2, -0.15) is 4.98 Å². The van der Waals surface area contributed by atoms with E-state index in [1.54, 1.807) is 0 Å². The first-order chi connectivity index (χ1) is 15.9. The molecule has 1 atom stereocenters. The van der Waals surface area contributed by atoms with Crippen LogP contribution in [-0.2, 0) is 10.5 Å². The molecule has 168 valence electrons. The highest BCUT2D eigenvalue weighted by Gasteiger charge is 2.40. The van der Waals surface area contributed by atoms with Crippen LogP contribution in [0.25, 0.3) is 6.08 Å². The number of hydrogen-bond donors (Lipinski definition) is 1. The predicted molar refractivity (Wildman–Crippen MR) is 134 cm³/mol. The molecule has 1 N–H and O–H groups in total. The zero-order valence-corrected chi connectivity index (χ0v) is 20.2. The monoisotopic (exact) mass is 476 g/mol. The third kappa shape index (κ3) is 4.63. The first kappa shape index (κ1) is 22.0. The van der Waals surface area contributed by atoms with Gasteiger partial charge in [0.2, 0.25) is 11.1 Å². The number of anilines is 1. The Morgan fingerprint density at radius 2 is 1.91 bits per heavy atom. The second-order valence-corrected chi connectivity index (χ2v) is 10.6. The van der Waals surface area contributed by atoms with Crippen LogP contribution in [0.3, 0.4) is 0 Å². The maximum atomic E-state index is 13.2. The number of ketones is 1. The van der Waals surface area contributed by atoms with E-state index in [0.717, 1.165) is 33.8 Å².